The van der Waals surface area contributed by atoms with Crippen LogP contribution in [-0.2, 0) is 6.61 Å². The summed E-state index contributed by atoms with van der Waals surface area (Å²) >= 11 is 5.36. The molecule has 2 aromatic rings. The van der Waals surface area contributed by atoms with E-state index in [1.54, 1.807) is 42.5 Å². The highest BCUT2D eigenvalue weighted by atomic mass is 35.5. The van der Waals surface area contributed by atoms with Crippen molar-refractivity contribution >= 4 is 16.8 Å². The number of rotatable bonds is 4. The van der Waals surface area contributed by atoms with E-state index in [-0.39, 0.29) is 0 Å². The van der Waals surface area contributed by atoms with Crippen LogP contribution < -0.4 is 4.74 Å². The Balaban J connectivity index is 2.06. The SMILES string of the molecule is N#Cc1ccccc1OCc1ccc(C(=O)Cl)cc1. The zero-order valence-corrected chi connectivity index (χ0v) is 10.7. The van der Waals surface area contributed by atoms with E-state index >= 15 is 0 Å². The first-order valence-corrected chi connectivity index (χ1v) is 5.99. The van der Waals surface area contributed by atoms with Crippen LogP contribution in [-0.4, -0.2) is 5.24 Å². The number of halogens is 1. The van der Waals surface area contributed by atoms with Crippen LogP contribution in [0.5, 0.6) is 5.75 Å². The van der Waals surface area contributed by atoms with Gasteiger partial charge in [-0.1, -0.05) is 24.3 Å². The summed E-state index contributed by atoms with van der Waals surface area (Å²) in [4.78, 5) is 10.9. The van der Waals surface area contributed by atoms with Crippen molar-refractivity contribution in [2.24, 2.45) is 0 Å². The number of hydrogen-bond acceptors (Lipinski definition) is 3. The lowest BCUT2D eigenvalue weighted by Crippen LogP contribution is -1.98. The van der Waals surface area contributed by atoms with E-state index in [0.29, 0.717) is 23.5 Å². The molecule has 94 valence electrons. The maximum atomic E-state index is 10.9. The Bertz CT molecular complexity index is 629. The minimum absolute atomic E-state index is 0.329. The third-order valence-electron chi connectivity index (χ3n) is 2.58. The van der Waals surface area contributed by atoms with Crippen molar-refractivity contribution in [2.45, 2.75) is 6.61 Å². The van der Waals surface area contributed by atoms with Crippen molar-refractivity contribution in [3.8, 4) is 11.8 Å². The summed E-state index contributed by atoms with van der Waals surface area (Å²) in [5, 5.41) is 8.45. The standard InChI is InChI=1S/C15H10ClNO2/c16-15(18)12-7-5-11(6-8-12)10-19-14-4-2-1-3-13(14)9-17/h1-8H,10H2. The molecule has 2 rings (SSSR count). The molecule has 0 saturated carbocycles. The number of carbonyl (C=O) groups is 1. The molecule has 0 saturated heterocycles. The lowest BCUT2D eigenvalue weighted by Gasteiger charge is -2.07. The molecule has 0 fully saturated rings. The number of para-hydroxylation sites is 1. The fourth-order valence-electron chi connectivity index (χ4n) is 1.58. The maximum absolute atomic E-state index is 10.9. The summed E-state index contributed by atoms with van der Waals surface area (Å²) in [5.74, 6) is 0.544. The topological polar surface area (TPSA) is 50.1 Å². The van der Waals surface area contributed by atoms with Gasteiger partial charge in [-0.05, 0) is 41.4 Å². The second-order valence-corrected chi connectivity index (χ2v) is 4.21. The van der Waals surface area contributed by atoms with Gasteiger partial charge < -0.3 is 4.74 Å². The van der Waals surface area contributed by atoms with Gasteiger partial charge in [0.1, 0.15) is 18.4 Å². The first-order valence-electron chi connectivity index (χ1n) is 5.61. The molecule has 0 amide bonds. The Morgan fingerprint density at radius 3 is 2.47 bits per heavy atom. The minimum Gasteiger partial charge on any atom is -0.488 e. The zero-order valence-electron chi connectivity index (χ0n) is 9.97. The van der Waals surface area contributed by atoms with E-state index in [0.717, 1.165) is 5.56 Å². The van der Waals surface area contributed by atoms with Gasteiger partial charge >= 0.3 is 0 Å². The van der Waals surface area contributed by atoms with Crippen LogP contribution in [0.15, 0.2) is 48.5 Å². The average Bonchev–Trinajstić information content (AvgIpc) is 2.45. The van der Waals surface area contributed by atoms with Crippen molar-refractivity contribution in [3.05, 3.63) is 65.2 Å². The molecule has 3 nitrogen and oxygen atoms in total. The second-order valence-electron chi connectivity index (χ2n) is 3.87. The number of ether oxygens (including phenoxy) is 1. The lowest BCUT2D eigenvalue weighted by molar-refractivity contribution is 0.108. The molecule has 0 aliphatic heterocycles. The summed E-state index contributed by atoms with van der Waals surface area (Å²) in [6, 6.07) is 15.9. The van der Waals surface area contributed by atoms with Gasteiger partial charge in [0.2, 0.25) is 0 Å². The normalized spacial score (nSPS) is 9.68. The van der Waals surface area contributed by atoms with Crippen molar-refractivity contribution in [2.75, 3.05) is 0 Å². The molecule has 2 aromatic carbocycles. The molecule has 19 heavy (non-hydrogen) atoms. The third kappa shape index (κ3) is 3.34. The zero-order chi connectivity index (χ0) is 13.7. The lowest BCUT2D eigenvalue weighted by atomic mass is 10.1. The maximum Gasteiger partial charge on any atom is 0.252 e. The highest BCUT2D eigenvalue weighted by Crippen LogP contribution is 2.18. The van der Waals surface area contributed by atoms with Crippen LogP contribution in [0.25, 0.3) is 0 Å². The Morgan fingerprint density at radius 2 is 1.84 bits per heavy atom. The Labute approximate surface area is 116 Å². The van der Waals surface area contributed by atoms with Crippen LogP contribution >= 0.6 is 11.6 Å². The molecule has 4 heteroatoms. The van der Waals surface area contributed by atoms with Gasteiger partial charge in [-0.3, -0.25) is 4.79 Å². The third-order valence-corrected chi connectivity index (χ3v) is 2.80. The predicted molar refractivity (Wildman–Crippen MR) is 72.1 cm³/mol. The van der Waals surface area contributed by atoms with Gasteiger partial charge in [0, 0.05) is 5.56 Å². The first-order chi connectivity index (χ1) is 9.20. The van der Waals surface area contributed by atoms with Gasteiger partial charge in [-0.15, -0.1) is 0 Å². The number of nitrogens with zero attached hydrogens (tertiary/aromatic N) is 1. The number of hydrogen-bond donors (Lipinski definition) is 0. The van der Waals surface area contributed by atoms with Crippen molar-refractivity contribution in [3.63, 3.8) is 0 Å². The van der Waals surface area contributed by atoms with E-state index in [9.17, 15) is 4.79 Å². The van der Waals surface area contributed by atoms with Crippen LogP contribution in [0.3, 0.4) is 0 Å². The molecule has 0 aliphatic rings. The molecular weight excluding hydrogens is 262 g/mol. The molecule has 0 bridgehead atoms. The summed E-state index contributed by atoms with van der Waals surface area (Å²) in [7, 11) is 0. The van der Waals surface area contributed by atoms with Gasteiger partial charge in [0.25, 0.3) is 5.24 Å². The number of benzene rings is 2. The minimum atomic E-state index is -0.484. The van der Waals surface area contributed by atoms with E-state index < -0.39 is 5.24 Å². The van der Waals surface area contributed by atoms with Gasteiger partial charge in [-0.25, -0.2) is 0 Å². The van der Waals surface area contributed by atoms with E-state index in [2.05, 4.69) is 6.07 Å². The van der Waals surface area contributed by atoms with Crippen molar-refractivity contribution in [1.82, 2.24) is 0 Å². The van der Waals surface area contributed by atoms with Gasteiger partial charge in [-0.2, -0.15) is 5.26 Å². The smallest absolute Gasteiger partial charge is 0.252 e. The van der Waals surface area contributed by atoms with Crippen LogP contribution in [0.2, 0.25) is 0 Å². The van der Waals surface area contributed by atoms with Crippen LogP contribution in [0.1, 0.15) is 21.5 Å². The Kier molecular flexibility index (Phi) is 4.17. The van der Waals surface area contributed by atoms with Crippen LogP contribution in [0.4, 0.5) is 0 Å². The van der Waals surface area contributed by atoms with Crippen LogP contribution in [0, 0.1) is 11.3 Å². The van der Waals surface area contributed by atoms with E-state index in [1.165, 1.54) is 0 Å². The number of carbonyl (C=O) groups excluding carboxylic acids is 1. The summed E-state index contributed by atoms with van der Waals surface area (Å²) in [6.45, 7) is 0.329. The highest BCUT2D eigenvalue weighted by molar-refractivity contribution is 6.67. The molecule has 0 spiro atoms. The average molecular weight is 272 g/mol. The first kappa shape index (κ1) is 13.1. The Hall–Kier alpha value is -2.31. The molecular formula is C15H10ClNO2. The van der Waals surface area contributed by atoms with Crippen molar-refractivity contribution in [1.29, 1.82) is 5.26 Å². The molecule has 0 radical (unpaired) electrons. The summed E-state index contributed by atoms with van der Waals surface area (Å²) in [5.41, 5.74) is 1.84. The molecule has 0 atom stereocenters. The fraction of sp³-hybridized carbons (Fsp3) is 0.0667. The fourth-order valence-corrected chi connectivity index (χ4v) is 1.70. The number of nitriles is 1. The molecule has 0 aliphatic carbocycles. The van der Waals surface area contributed by atoms with Crippen molar-refractivity contribution < 1.29 is 9.53 Å². The van der Waals surface area contributed by atoms with Gasteiger partial charge in [0.05, 0.1) is 5.56 Å². The highest BCUT2D eigenvalue weighted by Gasteiger charge is 2.04. The van der Waals surface area contributed by atoms with E-state index in [1.807, 2.05) is 6.07 Å². The predicted octanol–water partition coefficient (Wildman–Crippen LogP) is 3.52. The molecule has 0 heterocycles. The molecule has 0 N–H and O–H groups in total. The summed E-state index contributed by atoms with van der Waals surface area (Å²) in [6.07, 6.45) is 0. The largest absolute Gasteiger partial charge is 0.488 e. The summed E-state index contributed by atoms with van der Waals surface area (Å²) < 4.78 is 5.57. The second kappa shape index (κ2) is 6.03. The monoisotopic (exact) mass is 271 g/mol. The Morgan fingerprint density at radius 1 is 1.16 bits per heavy atom. The molecule has 0 unspecified atom stereocenters. The van der Waals surface area contributed by atoms with E-state index in [4.69, 9.17) is 21.6 Å². The molecule has 0 aromatic heterocycles. The van der Waals surface area contributed by atoms with Gasteiger partial charge in [0.15, 0.2) is 0 Å². The quantitative estimate of drug-likeness (QED) is 0.800.